The van der Waals surface area contributed by atoms with Gasteiger partial charge in [0.2, 0.25) is 0 Å². The Labute approximate surface area is 114 Å². The van der Waals surface area contributed by atoms with Crippen molar-refractivity contribution in [1.29, 1.82) is 0 Å². The Bertz CT molecular complexity index is 485. The molecule has 0 spiro atoms. The van der Waals surface area contributed by atoms with E-state index in [1.54, 1.807) is 14.2 Å². The Morgan fingerprint density at radius 1 is 1.11 bits per heavy atom. The molecule has 0 unspecified atom stereocenters. The number of hydrogen-bond donors (Lipinski definition) is 0. The Morgan fingerprint density at radius 3 is 2.16 bits per heavy atom. The summed E-state index contributed by atoms with van der Waals surface area (Å²) in [6.07, 6.45) is 4.27. The molecule has 0 radical (unpaired) electrons. The predicted octanol–water partition coefficient (Wildman–Crippen LogP) is 3.78. The highest BCUT2D eigenvalue weighted by Crippen LogP contribution is 2.42. The van der Waals surface area contributed by atoms with Crippen LogP contribution < -0.4 is 9.47 Å². The van der Waals surface area contributed by atoms with Crippen LogP contribution in [0, 0.1) is 12.3 Å². The van der Waals surface area contributed by atoms with E-state index in [0.29, 0.717) is 11.5 Å². The summed E-state index contributed by atoms with van der Waals surface area (Å²) in [7, 11) is 3.20. The van der Waals surface area contributed by atoms with Crippen LogP contribution in [0.2, 0.25) is 0 Å². The van der Waals surface area contributed by atoms with Crippen molar-refractivity contribution in [2.45, 2.75) is 39.5 Å². The lowest BCUT2D eigenvalue weighted by Gasteiger charge is -2.23. The molecule has 1 fully saturated rings. The largest absolute Gasteiger partial charge is 0.493 e. The first-order valence-electron chi connectivity index (χ1n) is 6.79. The van der Waals surface area contributed by atoms with E-state index in [2.05, 4.69) is 6.92 Å². The molecule has 1 aliphatic carbocycles. The summed E-state index contributed by atoms with van der Waals surface area (Å²) in [5.74, 6) is 1.54. The molecule has 0 saturated heterocycles. The normalized spacial score (nSPS) is 17.3. The standard InChI is InChI=1S/C16H22O3/c1-11-9-13(18-3)14(19-4)10-12(11)15(17)16(2)7-5-6-8-16/h9-10H,5-8H2,1-4H3. The van der Waals surface area contributed by atoms with Gasteiger partial charge in [-0.15, -0.1) is 0 Å². The Kier molecular flexibility index (Phi) is 3.83. The van der Waals surface area contributed by atoms with E-state index in [-0.39, 0.29) is 11.2 Å². The number of aryl methyl sites for hydroxylation is 1. The molecule has 0 aliphatic heterocycles. The number of carbonyl (C=O) groups excluding carboxylic acids is 1. The van der Waals surface area contributed by atoms with Crippen molar-refractivity contribution in [3.05, 3.63) is 23.3 Å². The predicted molar refractivity (Wildman–Crippen MR) is 75.2 cm³/mol. The zero-order valence-electron chi connectivity index (χ0n) is 12.2. The van der Waals surface area contributed by atoms with Gasteiger partial charge < -0.3 is 9.47 Å². The van der Waals surface area contributed by atoms with Gasteiger partial charge in [0.25, 0.3) is 0 Å². The van der Waals surface area contributed by atoms with Crippen LogP contribution in [0.5, 0.6) is 11.5 Å². The van der Waals surface area contributed by atoms with Crippen LogP contribution in [0.25, 0.3) is 0 Å². The fourth-order valence-corrected chi connectivity index (χ4v) is 2.93. The lowest BCUT2D eigenvalue weighted by molar-refractivity contribution is 0.0822. The maximum Gasteiger partial charge on any atom is 0.169 e. The first-order chi connectivity index (χ1) is 9.01. The minimum Gasteiger partial charge on any atom is -0.493 e. The molecule has 0 bridgehead atoms. The first kappa shape index (κ1) is 13.9. The second-order valence-electron chi connectivity index (χ2n) is 5.62. The fourth-order valence-electron chi connectivity index (χ4n) is 2.93. The van der Waals surface area contributed by atoms with Gasteiger partial charge >= 0.3 is 0 Å². The molecule has 0 aromatic heterocycles. The highest BCUT2D eigenvalue weighted by atomic mass is 16.5. The second-order valence-corrected chi connectivity index (χ2v) is 5.62. The highest BCUT2D eigenvalue weighted by molar-refractivity contribution is 6.02. The molecule has 0 heterocycles. The molecule has 0 atom stereocenters. The summed E-state index contributed by atoms with van der Waals surface area (Å²) < 4.78 is 10.6. The zero-order valence-corrected chi connectivity index (χ0v) is 12.2. The summed E-state index contributed by atoms with van der Waals surface area (Å²) >= 11 is 0. The highest BCUT2D eigenvalue weighted by Gasteiger charge is 2.37. The van der Waals surface area contributed by atoms with E-state index >= 15 is 0 Å². The van der Waals surface area contributed by atoms with Crippen molar-refractivity contribution in [3.8, 4) is 11.5 Å². The second kappa shape index (κ2) is 5.24. The molecule has 1 aliphatic rings. The van der Waals surface area contributed by atoms with E-state index in [0.717, 1.165) is 36.8 Å². The first-order valence-corrected chi connectivity index (χ1v) is 6.79. The maximum atomic E-state index is 12.8. The van der Waals surface area contributed by atoms with Gasteiger partial charge in [0.15, 0.2) is 17.3 Å². The molecule has 3 heteroatoms. The van der Waals surface area contributed by atoms with Crippen LogP contribution in [0.15, 0.2) is 12.1 Å². The molecular formula is C16H22O3. The van der Waals surface area contributed by atoms with E-state index in [4.69, 9.17) is 9.47 Å². The average Bonchev–Trinajstić information content (AvgIpc) is 2.85. The third-order valence-electron chi connectivity index (χ3n) is 4.23. The number of ketones is 1. The van der Waals surface area contributed by atoms with E-state index < -0.39 is 0 Å². The zero-order chi connectivity index (χ0) is 14.0. The third kappa shape index (κ3) is 2.46. The molecule has 0 amide bonds. The van der Waals surface area contributed by atoms with Crippen molar-refractivity contribution in [2.24, 2.45) is 5.41 Å². The third-order valence-corrected chi connectivity index (χ3v) is 4.23. The van der Waals surface area contributed by atoms with E-state index in [1.165, 1.54) is 0 Å². The lowest BCUT2D eigenvalue weighted by atomic mass is 9.79. The summed E-state index contributed by atoms with van der Waals surface area (Å²) in [5.41, 5.74) is 1.52. The lowest BCUT2D eigenvalue weighted by Crippen LogP contribution is -2.25. The number of ether oxygens (including phenoxy) is 2. The molecule has 19 heavy (non-hydrogen) atoms. The minimum absolute atomic E-state index is 0.204. The van der Waals surface area contributed by atoms with Crippen LogP contribution in [-0.4, -0.2) is 20.0 Å². The van der Waals surface area contributed by atoms with Crippen molar-refractivity contribution in [3.63, 3.8) is 0 Å². The van der Waals surface area contributed by atoms with Gasteiger partial charge in [-0.05, 0) is 37.5 Å². The monoisotopic (exact) mass is 262 g/mol. The van der Waals surface area contributed by atoms with Gasteiger partial charge in [0.05, 0.1) is 14.2 Å². The molecule has 2 rings (SSSR count). The number of hydrogen-bond acceptors (Lipinski definition) is 3. The van der Waals surface area contributed by atoms with Crippen LogP contribution >= 0.6 is 0 Å². The topological polar surface area (TPSA) is 35.5 Å². The fraction of sp³-hybridized carbons (Fsp3) is 0.562. The summed E-state index contributed by atoms with van der Waals surface area (Å²) in [4.78, 5) is 12.8. The number of methoxy groups -OCH3 is 2. The number of carbonyl (C=O) groups is 1. The van der Waals surface area contributed by atoms with Gasteiger partial charge in [-0.2, -0.15) is 0 Å². The molecule has 1 aromatic carbocycles. The van der Waals surface area contributed by atoms with Crippen LogP contribution in [0.1, 0.15) is 48.5 Å². The van der Waals surface area contributed by atoms with Crippen molar-refractivity contribution >= 4 is 5.78 Å². The van der Waals surface area contributed by atoms with Gasteiger partial charge in [0.1, 0.15) is 0 Å². The quantitative estimate of drug-likeness (QED) is 0.775. The molecule has 1 aromatic rings. The summed E-state index contributed by atoms with van der Waals surface area (Å²) in [6, 6.07) is 3.70. The molecular weight excluding hydrogens is 240 g/mol. The molecule has 1 saturated carbocycles. The van der Waals surface area contributed by atoms with Gasteiger partial charge in [-0.3, -0.25) is 4.79 Å². The smallest absolute Gasteiger partial charge is 0.169 e. The SMILES string of the molecule is COc1cc(C)c(C(=O)C2(C)CCCC2)cc1OC. The number of benzene rings is 1. The maximum absolute atomic E-state index is 12.8. The molecule has 3 nitrogen and oxygen atoms in total. The van der Waals surface area contributed by atoms with Crippen LogP contribution in [0.3, 0.4) is 0 Å². The van der Waals surface area contributed by atoms with Crippen molar-refractivity contribution < 1.29 is 14.3 Å². The summed E-state index contributed by atoms with van der Waals surface area (Å²) in [6.45, 7) is 4.03. The number of rotatable bonds is 4. The van der Waals surface area contributed by atoms with Gasteiger partial charge in [-0.25, -0.2) is 0 Å². The van der Waals surface area contributed by atoms with Crippen molar-refractivity contribution in [1.82, 2.24) is 0 Å². The number of Topliss-reactive ketones (excluding diaryl/α,β-unsaturated/α-hetero) is 1. The Morgan fingerprint density at radius 2 is 1.63 bits per heavy atom. The van der Waals surface area contributed by atoms with Crippen LogP contribution in [0.4, 0.5) is 0 Å². The van der Waals surface area contributed by atoms with E-state index in [9.17, 15) is 4.79 Å². The average molecular weight is 262 g/mol. The molecule has 0 N–H and O–H groups in total. The Hall–Kier alpha value is -1.51. The summed E-state index contributed by atoms with van der Waals surface area (Å²) in [5, 5.41) is 0. The molecule has 104 valence electrons. The van der Waals surface area contributed by atoms with Gasteiger partial charge in [-0.1, -0.05) is 19.8 Å². The van der Waals surface area contributed by atoms with Crippen LogP contribution in [-0.2, 0) is 0 Å². The minimum atomic E-state index is -0.204. The van der Waals surface area contributed by atoms with E-state index in [1.807, 2.05) is 19.1 Å². The van der Waals surface area contributed by atoms with Gasteiger partial charge in [0, 0.05) is 11.0 Å². The van der Waals surface area contributed by atoms with Crippen molar-refractivity contribution in [2.75, 3.05) is 14.2 Å². The Balaban J connectivity index is 2.42.